The summed E-state index contributed by atoms with van der Waals surface area (Å²) in [5, 5.41) is 6.32. The first-order chi connectivity index (χ1) is 13.3. The summed E-state index contributed by atoms with van der Waals surface area (Å²) in [6.07, 6.45) is 5.21. The van der Waals surface area contributed by atoms with E-state index in [2.05, 4.69) is 71.1 Å². The number of para-hydroxylation sites is 1. The molecule has 2 aromatic carbocycles. The Morgan fingerprint density at radius 1 is 0.926 bits per heavy atom. The van der Waals surface area contributed by atoms with Gasteiger partial charge in [0.15, 0.2) is 0 Å². The van der Waals surface area contributed by atoms with Crippen LogP contribution in [0.2, 0.25) is 0 Å². The minimum absolute atomic E-state index is 0.548. The highest BCUT2D eigenvalue weighted by atomic mass is 15.2. The minimum atomic E-state index is 0.548. The standard InChI is InChI=1S/C24H33N3/c1-3-5-6-10-22(26-16-14-25-15-17-26)19-12-13-24-21(18-19)20-9-7-8-11-23(20)27(24)4-2/h7-9,11-13,18,22,25H,3-6,10,14-17H2,1-2H3/t22-/m1/s1. The maximum absolute atomic E-state index is 3.51. The maximum Gasteiger partial charge on any atom is 0.0491 e. The van der Waals surface area contributed by atoms with Crippen molar-refractivity contribution in [1.82, 2.24) is 14.8 Å². The fourth-order valence-corrected chi connectivity index (χ4v) is 4.76. The fraction of sp³-hybridized carbons (Fsp3) is 0.500. The first kappa shape index (κ1) is 18.5. The number of nitrogens with zero attached hydrogens (tertiary/aromatic N) is 2. The van der Waals surface area contributed by atoms with E-state index < -0.39 is 0 Å². The van der Waals surface area contributed by atoms with Crippen LogP contribution in [0.15, 0.2) is 42.5 Å². The van der Waals surface area contributed by atoms with Crippen molar-refractivity contribution in [2.75, 3.05) is 26.2 Å². The zero-order valence-electron chi connectivity index (χ0n) is 16.9. The number of fused-ring (bicyclic) bond motifs is 3. The van der Waals surface area contributed by atoms with E-state index in [1.54, 1.807) is 0 Å². The Morgan fingerprint density at radius 2 is 1.70 bits per heavy atom. The Morgan fingerprint density at radius 3 is 2.48 bits per heavy atom. The van der Waals surface area contributed by atoms with Crippen molar-refractivity contribution in [2.45, 2.75) is 52.1 Å². The predicted octanol–water partition coefficient (Wildman–Crippen LogP) is 5.34. The molecule has 2 heterocycles. The molecule has 3 heteroatoms. The van der Waals surface area contributed by atoms with E-state index in [0.29, 0.717) is 6.04 Å². The normalized spacial score (nSPS) is 17.0. The quantitative estimate of drug-likeness (QED) is 0.572. The summed E-state index contributed by atoms with van der Waals surface area (Å²) < 4.78 is 2.45. The van der Waals surface area contributed by atoms with Crippen LogP contribution in [0.4, 0.5) is 0 Å². The molecule has 0 unspecified atom stereocenters. The molecule has 144 valence electrons. The Balaban J connectivity index is 1.76. The summed E-state index contributed by atoms with van der Waals surface area (Å²) in [5.41, 5.74) is 4.23. The van der Waals surface area contributed by atoms with Crippen LogP contribution in [-0.2, 0) is 6.54 Å². The molecule has 3 nitrogen and oxygen atoms in total. The molecule has 0 aliphatic carbocycles. The van der Waals surface area contributed by atoms with Crippen LogP contribution in [0, 0.1) is 0 Å². The van der Waals surface area contributed by atoms with Gasteiger partial charge < -0.3 is 9.88 Å². The van der Waals surface area contributed by atoms with Crippen LogP contribution < -0.4 is 5.32 Å². The molecule has 1 saturated heterocycles. The first-order valence-corrected chi connectivity index (χ1v) is 10.8. The summed E-state index contributed by atoms with van der Waals surface area (Å²) in [5.74, 6) is 0. The second kappa shape index (κ2) is 8.45. The monoisotopic (exact) mass is 363 g/mol. The molecule has 0 spiro atoms. The Bertz CT molecular complexity index is 889. The van der Waals surface area contributed by atoms with Crippen LogP contribution in [0.5, 0.6) is 0 Å². The highest BCUT2D eigenvalue weighted by Crippen LogP contribution is 2.34. The summed E-state index contributed by atoms with van der Waals surface area (Å²) in [7, 11) is 0. The topological polar surface area (TPSA) is 20.2 Å². The van der Waals surface area contributed by atoms with Crippen molar-refractivity contribution in [3.05, 3.63) is 48.0 Å². The molecular weight excluding hydrogens is 330 g/mol. The first-order valence-electron chi connectivity index (χ1n) is 10.8. The van der Waals surface area contributed by atoms with Gasteiger partial charge in [0.2, 0.25) is 0 Å². The molecule has 1 atom stereocenters. The molecule has 1 fully saturated rings. The summed E-state index contributed by atoms with van der Waals surface area (Å²) in [6, 6.07) is 16.7. The van der Waals surface area contributed by atoms with Gasteiger partial charge in [0.05, 0.1) is 0 Å². The summed E-state index contributed by atoms with van der Waals surface area (Å²) in [6.45, 7) is 10.1. The lowest BCUT2D eigenvalue weighted by atomic mass is 9.96. The third-order valence-electron chi connectivity index (χ3n) is 6.17. The van der Waals surface area contributed by atoms with Crippen molar-refractivity contribution in [3.8, 4) is 0 Å². The van der Waals surface area contributed by atoms with E-state index in [1.165, 1.54) is 53.1 Å². The number of benzene rings is 2. The average Bonchev–Trinajstić information content (AvgIpc) is 3.05. The minimum Gasteiger partial charge on any atom is -0.341 e. The SMILES string of the molecule is CCCCC[C@H](c1ccc2c(c1)c1ccccc1n2CC)N1CCNCC1. The van der Waals surface area contributed by atoms with E-state index in [0.717, 1.165) is 32.7 Å². The van der Waals surface area contributed by atoms with Gasteiger partial charge in [-0.3, -0.25) is 4.90 Å². The smallest absolute Gasteiger partial charge is 0.0491 e. The molecule has 1 aromatic heterocycles. The van der Waals surface area contributed by atoms with Gasteiger partial charge in [-0.05, 0) is 37.1 Å². The van der Waals surface area contributed by atoms with Gasteiger partial charge >= 0.3 is 0 Å². The molecule has 0 radical (unpaired) electrons. The third kappa shape index (κ3) is 3.63. The highest BCUT2D eigenvalue weighted by Gasteiger charge is 2.22. The lowest BCUT2D eigenvalue weighted by molar-refractivity contribution is 0.163. The van der Waals surface area contributed by atoms with Crippen LogP contribution in [-0.4, -0.2) is 35.6 Å². The molecule has 3 aromatic rings. The molecular formula is C24H33N3. The van der Waals surface area contributed by atoms with Crippen LogP contribution >= 0.6 is 0 Å². The summed E-state index contributed by atoms with van der Waals surface area (Å²) in [4.78, 5) is 2.70. The number of hydrogen-bond donors (Lipinski definition) is 1. The number of piperazine rings is 1. The van der Waals surface area contributed by atoms with E-state index in [9.17, 15) is 0 Å². The van der Waals surface area contributed by atoms with Gasteiger partial charge in [-0.2, -0.15) is 0 Å². The van der Waals surface area contributed by atoms with Gasteiger partial charge in [0, 0.05) is 60.6 Å². The second-order valence-corrected chi connectivity index (χ2v) is 7.84. The zero-order valence-corrected chi connectivity index (χ0v) is 16.9. The van der Waals surface area contributed by atoms with Crippen molar-refractivity contribution >= 4 is 21.8 Å². The van der Waals surface area contributed by atoms with Crippen molar-refractivity contribution in [1.29, 1.82) is 0 Å². The fourth-order valence-electron chi connectivity index (χ4n) is 4.76. The van der Waals surface area contributed by atoms with Gasteiger partial charge in [0.1, 0.15) is 0 Å². The lowest BCUT2D eigenvalue weighted by Crippen LogP contribution is -2.45. The molecule has 0 bridgehead atoms. The lowest BCUT2D eigenvalue weighted by Gasteiger charge is -2.35. The number of aromatic nitrogens is 1. The van der Waals surface area contributed by atoms with E-state index in [-0.39, 0.29) is 0 Å². The number of nitrogens with one attached hydrogen (secondary N) is 1. The number of hydrogen-bond acceptors (Lipinski definition) is 2. The maximum atomic E-state index is 3.51. The average molecular weight is 364 g/mol. The second-order valence-electron chi connectivity index (χ2n) is 7.84. The van der Waals surface area contributed by atoms with Crippen molar-refractivity contribution < 1.29 is 0 Å². The van der Waals surface area contributed by atoms with Gasteiger partial charge in [-0.25, -0.2) is 0 Å². The zero-order chi connectivity index (χ0) is 18.6. The van der Waals surface area contributed by atoms with Crippen LogP contribution in [0.1, 0.15) is 51.1 Å². The van der Waals surface area contributed by atoms with Crippen molar-refractivity contribution in [3.63, 3.8) is 0 Å². The predicted molar refractivity (Wildman–Crippen MR) is 116 cm³/mol. The number of unbranched alkanes of at least 4 members (excludes halogenated alkanes) is 2. The molecule has 1 aliphatic heterocycles. The van der Waals surface area contributed by atoms with Gasteiger partial charge in [0.25, 0.3) is 0 Å². The van der Waals surface area contributed by atoms with E-state index >= 15 is 0 Å². The van der Waals surface area contributed by atoms with Gasteiger partial charge in [-0.15, -0.1) is 0 Å². The third-order valence-corrected chi connectivity index (χ3v) is 6.17. The Hall–Kier alpha value is -1.84. The highest BCUT2D eigenvalue weighted by molar-refractivity contribution is 6.08. The largest absolute Gasteiger partial charge is 0.341 e. The van der Waals surface area contributed by atoms with E-state index in [4.69, 9.17) is 0 Å². The Labute approximate surface area is 163 Å². The van der Waals surface area contributed by atoms with Crippen LogP contribution in [0.3, 0.4) is 0 Å². The number of aryl methyl sites for hydroxylation is 1. The molecule has 0 saturated carbocycles. The van der Waals surface area contributed by atoms with E-state index in [1.807, 2.05) is 0 Å². The number of rotatable bonds is 7. The molecule has 0 amide bonds. The molecule has 1 aliphatic rings. The Kier molecular flexibility index (Phi) is 5.80. The van der Waals surface area contributed by atoms with Crippen LogP contribution in [0.25, 0.3) is 21.8 Å². The molecule has 27 heavy (non-hydrogen) atoms. The summed E-state index contributed by atoms with van der Waals surface area (Å²) >= 11 is 0. The molecule has 4 rings (SSSR count). The molecule has 1 N–H and O–H groups in total. The van der Waals surface area contributed by atoms with Gasteiger partial charge in [-0.1, -0.05) is 50.5 Å². The van der Waals surface area contributed by atoms with Crippen molar-refractivity contribution in [2.24, 2.45) is 0 Å².